The van der Waals surface area contributed by atoms with Gasteiger partial charge in [-0.2, -0.15) is 0 Å². The third-order valence-electron chi connectivity index (χ3n) is 3.74. The Bertz CT molecular complexity index is 845. The van der Waals surface area contributed by atoms with Crippen molar-refractivity contribution in [2.45, 2.75) is 0 Å². The lowest BCUT2D eigenvalue weighted by Gasteiger charge is -2.13. The minimum absolute atomic E-state index is 0.0671. The van der Waals surface area contributed by atoms with Gasteiger partial charge in [-0.1, -0.05) is 13.2 Å². The van der Waals surface area contributed by atoms with E-state index in [9.17, 15) is 15.0 Å². The van der Waals surface area contributed by atoms with Crippen molar-refractivity contribution < 1.29 is 24.5 Å². The van der Waals surface area contributed by atoms with Crippen molar-refractivity contribution >= 4 is 48.8 Å². The van der Waals surface area contributed by atoms with Gasteiger partial charge in [0, 0.05) is 11.1 Å². The number of phenolic OH excluding ortho intramolecular Hbond substituents is 2. The molecule has 2 aromatic rings. The first kappa shape index (κ1) is 20.1. The molecule has 0 saturated carbocycles. The molecule has 0 aliphatic carbocycles. The molecule has 2 rings (SSSR count). The van der Waals surface area contributed by atoms with Gasteiger partial charge in [-0.3, -0.25) is 4.79 Å². The standard InChI is InChI=1S/C19H16Br2O5/c1-9(11-5-13(20)18(23)15(7-11)25-3)17(22)10(2)12-6-14(21)19(24)16(8-12)26-4/h5-8,23-24H,1-2H2,3-4H3. The second kappa shape index (κ2) is 7.97. The predicted molar refractivity (Wildman–Crippen MR) is 108 cm³/mol. The third-order valence-corrected chi connectivity index (χ3v) is 4.95. The quantitative estimate of drug-likeness (QED) is 0.569. The van der Waals surface area contributed by atoms with Crippen molar-refractivity contribution in [2.75, 3.05) is 14.2 Å². The van der Waals surface area contributed by atoms with Crippen LogP contribution in [0.5, 0.6) is 23.0 Å². The molecule has 0 aliphatic heterocycles. The molecule has 26 heavy (non-hydrogen) atoms. The lowest BCUT2D eigenvalue weighted by Crippen LogP contribution is -2.04. The molecule has 136 valence electrons. The molecule has 0 aromatic heterocycles. The van der Waals surface area contributed by atoms with Crippen LogP contribution >= 0.6 is 31.9 Å². The van der Waals surface area contributed by atoms with Crippen molar-refractivity contribution in [1.82, 2.24) is 0 Å². The van der Waals surface area contributed by atoms with Gasteiger partial charge in [0.2, 0.25) is 0 Å². The highest BCUT2D eigenvalue weighted by atomic mass is 79.9. The summed E-state index contributed by atoms with van der Waals surface area (Å²) in [5.74, 6) is -0.111. The number of benzene rings is 2. The van der Waals surface area contributed by atoms with Crippen molar-refractivity contribution in [3.63, 3.8) is 0 Å². The Morgan fingerprint density at radius 2 is 1.19 bits per heavy atom. The van der Waals surface area contributed by atoms with Gasteiger partial charge < -0.3 is 19.7 Å². The Kier molecular flexibility index (Phi) is 6.15. The number of halogens is 2. The molecule has 7 heteroatoms. The zero-order valence-corrected chi connectivity index (χ0v) is 17.3. The Hall–Kier alpha value is -2.25. The van der Waals surface area contributed by atoms with E-state index < -0.39 is 5.78 Å². The second-order valence-corrected chi connectivity index (χ2v) is 7.01. The van der Waals surface area contributed by atoms with Crippen LogP contribution in [0.15, 0.2) is 46.4 Å². The average molecular weight is 484 g/mol. The van der Waals surface area contributed by atoms with E-state index in [0.29, 0.717) is 20.1 Å². The van der Waals surface area contributed by atoms with Gasteiger partial charge in [0.1, 0.15) is 0 Å². The van der Waals surface area contributed by atoms with Gasteiger partial charge in [0.25, 0.3) is 0 Å². The minimum Gasteiger partial charge on any atom is -0.503 e. The van der Waals surface area contributed by atoms with Gasteiger partial charge in [-0.15, -0.1) is 0 Å². The molecule has 2 N–H and O–H groups in total. The highest BCUT2D eigenvalue weighted by Gasteiger charge is 2.20. The minimum atomic E-state index is -0.399. The number of phenols is 2. The van der Waals surface area contributed by atoms with Gasteiger partial charge in [0.05, 0.1) is 23.2 Å². The summed E-state index contributed by atoms with van der Waals surface area (Å²) in [4.78, 5) is 12.8. The molecule has 0 bridgehead atoms. The van der Waals surface area contributed by atoms with Crippen molar-refractivity contribution in [3.05, 3.63) is 57.5 Å². The van der Waals surface area contributed by atoms with Gasteiger partial charge >= 0.3 is 0 Å². The molecule has 0 radical (unpaired) electrons. The van der Waals surface area contributed by atoms with Crippen LogP contribution in [-0.2, 0) is 4.79 Å². The molecule has 0 saturated heterocycles. The highest BCUT2D eigenvalue weighted by molar-refractivity contribution is 9.10. The normalized spacial score (nSPS) is 10.3. The first-order chi connectivity index (χ1) is 12.2. The molecule has 0 aliphatic rings. The zero-order chi connectivity index (χ0) is 19.6. The number of Topliss-reactive ketones (excluding diaryl/α,β-unsaturated/α-hetero) is 1. The van der Waals surface area contributed by atoms with E-state index in [-0.39, 0.29) is 34.1 Å². The number of hydrogen-bond donors (Lipinski definition) is 2. The van der Waals surface area contributed by atoms with Crippen LogP contribution in [0, 0.1) is 0 Å². The fourth-order valence-corrected chi connectivity index (χ4v) is 3.14. The van der Waals surface area contributed by atoms with Crippen LogP contribution in [0.4, 0.5) is 0 Å². The van der Waals surface area contributed by atoms with Gasteiger partial charge in [-0.05, 0) is 67.3 Å². The maximum Gasteiger partial charge on any atom is 0.193 e. The maximum absolute atomic E-state index is 12.8. The van der Waals surface area contributed by atoms with E-state index >= 15 is 0 Å². The van der Waals surface area contributed by atoms with E-state index in [2.05, 4.69) is 45.0 Å². The molecule has 0 fully saturated rings. The molecule has 0 unspecified atom stereocenters. The molecular weight excluding hydrogens is 468 g/mol. The number of aromatic hydroxyl groups is 2. The second-order valence-electron chi connectivity index (χ2n) is 5.30. The number of hydrogen-bond acceptors (Lipinski definition) is 5. The number of ketones is 1. The summed E-state index contributed by atoms with van der Waals surface area (Å²) in [6.07, 6.45) is 0. The fraction of sp³-hybridized carbons (Fsp3) is 0.105. The summed E-state index contributed by atoms with van der Waals surface area (Å²) in [7, 11) is 2.82. The number of methoxy groups -OCH3 is 2. The van der Waals surface area contributed by atoms with Crippen molar-refractivity contribution in [2.24, 2.45) is 0 Å². The SMILES string of the molecule is C=C(C(=O)C(=C)c1cc(Br)c(O)c(OC)c1)c1cc(Br)c(O)c(OC)c1. The number of carbonyl (C=O) groups excluding carboxylic acids is 1. The molecular formula is C19H16Br2O5. The van der Waals surface area contributed by atoms with Gasteiger partial charge in [0.15, 0.2) is 28.8 Å². The Labute approximate surface area is 167 Å². The number of ether oxygens (including phenoxy) is 2. The van der Waals surface area contributed by atoms with Crippen LogP contribution in [-0.4, -0.2) is 30.2 Å². The van der Waals surface area contributed by atoms with Crippen LogP contribution in [0.25, 0.3) is 11.1 Å². The average Bonchev–Trinajstić information content (AvgIpc) is 2.63. The smallest absolute Gasteiger partial charge is 0.193 e. The zero-order valence-electron chi connectivity index (χ0n) is 14.1. The van der Waals surface area contributed by atoms with E-state index in [1.165, 1.54) is 26.4 Å². The van der Waals surface area contributed by atoms with E-state index in [0.717, 1.165) is 0 Å². The van der Waals surface area contributed by atoms with Crippen LogP contribution in [0.3, 0.4) is 0 Å². The first-order valence-electron chi connectivity index (χ1n) is 7.27. The number of carbonyl (C=O) groups is 1. The molecule has 0 atom stereocenters. The van der Waals surface area contributed by atoms with Crippen molar-refractivity contribution in [3.8, 4) is 23.0 Å². The summed E-state index contributed by atoms with van der Waals surface area (Å²) in [5, 5.41) is 19.8. The summed E-state index contributed by atoms with van der Waals surface area (Å²) in [6, 6.07) is 6.17. The fourth-order valence-electron chi connectivity index (χ4n) is 2.25. The monoisotopic (exact) mass is 482 g/mol. The van der Waals surface area contributed by atoms with Gasteiger partial charge in [-0.25, -0.2) is 0 Å². The Morgan fingerprint density at radius 1 is 0.846 bits per heavy atom. The predicted octanol–water partition coefficient (Wildman–Crippen LogP) is 4.94. The lowest BCUT2D eigenvalue weighted by atomic mass is 9.94. The molecule has 0 heterocycles. The number of allylic oxidation sites excluding steroid dienone is 2. The Morgan fingerprint density at radius 3 is 1.50 bits per heavy atom. The third kappa shape index (κ3) is 3.78. The highest BCUT2D eigenvalue weighted by Crippen LogP contribution is 2.40. The molecule has 0 amide bonds. The lowest BCUT2D eigenvalue weighted by molar-refractivity contribution is -0.108. The van der Waals surface area contributed by atoms with E-state index in [1.807, 2.05) is 0 Å². The Balaban J connectivity index is 2.40. The van der Waals surface area contributed by atoms with E-state index in [1.54, 1.807) is 12.1 Å². The maximum atomic E-state index is 12.8. The summed E-state index contributed by atoms with van der Waals surface area (Å²) < 4.78 is 10.9. The summed E-state index contributed by atoms with van der Waals surface area (Å²) >= 11 is 6.44. The molecule has 5 nitrogen and oxygen atoms in total. The molecule has 2 aromatic carbocycles. The summed E-state index contributed by atoms with van der Waals surface area (Å²) in [5.41, 5.74) is 1.30. The van der Waals surface area contributed by atoms with Crippen LogP contribution in [0.1, 0.15) is 11.1 Å². The first-order valence-corrected chi connectivity index (χ1v) is 8.86. The number of rotatable bonds is 6. The van der Waals surface area contributed by atoms with E-state index in [4.69, 9.17) is 9.47 Å². The largest absolute Gasteiger partial charge is 0.503 e. The summed E-state index contributed by atoms with van der Waals surface area (Å²) in [6.45, 7) is 7.68. The van der Waals surface area contributed by atoms with Crippen molar-refractivity contribution in [1.29, 1.82) is 0 Å². The van der Waals surface area contributed by atoms with Crippen LogP contribution < -0.4 is 9.47 Å². The topological polar surface area (TPSA) is 76.0 Å². The van der Waals surface area contributed by atoms with Crippen LogP contribution in [0.2, 0.25) is 0 Å². The molecule has 0 spiro atoms.